The lowest BCUT2D eigenvalue weighted by molar-refractivity contribution is 0.601. The Hall–Kier alpha value is -1.55. The minimum Gasteiger partial charge on any atom is -0.278 e. The summed E-state index contributed by atoms with van der Waals surface area (Å²) in [5, 5.41) is 9.36. The van der Waals surface area contributed by atoms with Gasteiger partial charge in [0.05, 0.1) is 20.7 Å². The molecule has 0 aliphatic heterocycles. The van der Waals surface area contributed by atoms with Gasteiger partial charge in [0.2, 0.25) is 0 Å². The Morgan fingerprint density at radius 2 is 1.85 bits per heavy atom. The molecule has 0 aliphatic rings. The number of nitrogens with one attached hydrogen (secondary N) is 1. The van der Waals surface area contributed by atoms with Crippen molar-refractivity contribution in [2.75, 3.05) is 4.72 Å². The van der Waals surface area contributed by atoms with Crippen molar-refractivity contribution in [1.29, 1.82) is 5.26 Å². The number of anilines is 1. The first-order valence-corrected chi connectivity index (χ1v) is 8.07. The SMILES string of the molecule is N#Cc1ccccc1S(=O)(=O)Nc1cccc(Cl)c1Br. The molecule has 0 saturated heterocycles. The molecule has 2 aromatic carbocycles. The summed E-state index contributed by atoms with van der Waals surface area (Å²) in [4.78, 5) is -0.0747. The second-order valence-electron chi connectivity index (χ2n) is 3.81. The summed E-state index contributed by atoms with van der Waals surface area (Å²) in [6.07, 6.45) is 0. The Kier molecular flexibility index (Phi) is 4.33. The van der Waals surface area contributed by atoms with E-state index in [4.69, 9.17) is 16.9 Å². The van der Waals surface area contributed by atoms with E-state index in [0.29, 0.717) is 15.2 Å². The quantitative estimate of drug-likeness (QED) is 0.892. The van der Waals surface area contributed by atoms with Crippen LogP contribution in [-0.4, -0.2) is 8.42 Å². The van der Waals surface area contributed by atoms with E-state index in [2.05, 4.69) is 20.7 Å². The second kappa shape index (κ2) is 5.83. The zero-order valence-corrected chi connectivity index (χ0v) is 13.1. The van der Waals surface area contributed by atoms with Crippen LogP contribution in [0.4, 0.5) is 5.69 Å². The van der Waals surface area contributed by atoms with Crippen LogP contribution in [0.2, 0.25) is 5.02 Å². The Labute approximate surface area is 130 Å². The van der Waals surface area contributed by atoms with Crippen molar-refractivity contribution in [2.24, 2.45) is 0 Å². The highest BCUT2D eigenvalue weighted by atomic mass is 79.9. The van der Waals surface area contributed by atoms with Gasteiger partial charge in [-0.15, -0.1) is 0 Å². The summed E-state index contributed by atoms with van der Waals surface area (Å²) in [7, 11) is -3.86. The first-order chi connectivity index (χ1) is 9.45. The molecule has 0 aliphatic carbocycles. The van der Waals surface area contributed by atoms with Crippen LogP contribution in [0.5, 0.6) is 0 Å². The third-order valence-electron chi connectivity index (χ3n) is 2.49. The van der Waals surface area contributed by atoms with Crippen LogP contribution in [0.1, 0.15) is 5.56 Å². The molecule has 102 valence electrons. The summed E-state index contributed by atoms with van der Waals surface area (Å²) in [6.45, 7) is 0. The van der Waals surface area contributed by atoms with Gasteiger partial charge in [0, 0.05) is 0 Å². The molecule has 7 heteroatoms. The van der Waals surface area contributed by atoms with Gasteiger partial charge in [0.25, 0.3) is 10.0 Å². The van der Waals surface area contributed by atoms with Crippen molar-refractivity contribution in [3.05, 3.63) is 57.5 Å². The highest BCUT2D eigenvalue weighted by Crippen LogP contribution is 2.31. The van der Waals surface area contributed by atoms with E-state index in [1.807, 2.05) is 6.07 Å². The van der Waals surface area contributed by atoms with Gasteiger partial charge >= 0.3 is 0 Å². The average Bonchev–Trinajstić information content (AvgIpc) is 2.43. The Balaban J connectivity index is 2.47. The predicted molar refractivity (Wildman–Crippen MR) is 81.1 cm³/mol. The van der Waals surface area contributed by atoms with E-state index in [0.717, 1.165) is 0 Å². The smallest absolute Gasteiger partial charge is 0.263 e. The molecule has 0 spiro atoms. The zero-order valence-electron chi connectivity index (χ0n) is 9.97. The topological polar surface area (TPSA) is 70.0 Å². The molecular formula is C13H8BrClN2O2S. The molecule has 0 amide bonds. The van der Waals surface area contributed by atoms with Crippen molar-refractivity contribution in [3.63, 3.8) is 0 Å². The van der Waals surface area contributed by atoms with Crippen LogP contribution in [0.3, 0.4) is 0 Å². The predicted octanol–water partition coefficient (Wildman–Crippen LogP) is 3.77. The van der Waals surface area contributed by atoms with Crippen LogP contribution in [0.25, 0.3) is 0 Å². The fourth-order valence-corrected chi connectivity index (χ4v) is 3.48. The number of hydrogen-bond acceptors (Lipinski definition) is 3. The van der Waals surface area contributed by atoms with Gasteiger partial charge in [-0.1, -0.05) is 29.8 Å². The van der Waals surface area contributed by atoms with Crippen LogP contribution in [-0.2, 0) is 10.0 Å². The lowest BCUT2D eigenvalue weighted by atomic mass is 10.2. The maximum Gasteiger partial charge on any atom is 0.263 e. The number of sulfonamides is 1. The molecule has 0 aromatic heterocycles. The van der Waals surface area contributed by atoms with Crippen molar-refractivity contribution in [2.45, 2.75) is 4.90 Å². The van der Waals surface area contributed by atoms with Crippen LogP contribution < -0.4 is 4.72 Å². The molecule has 0 atom stereocenters. The Morgan fingerprint density at radius 3 is 2.55 bits per heavy atom. The van der Waals surface area contributed by atoms with Gasteiger partial charge in [0.1, 0.15) is 11.0 Å². The summed E-state index contributed by atoms with van der Waals surface area (Å²) in [6, 6.07) is 12.7. The van der Waals surface area contributed by atoms with Crippen molar-refractivity contribution in [1.82, 2.24) is 0 Å². The largest absolute Gasteiger partial charge is 0.278 e. The number of nitrogens with zero attached hydrogens (tertiary/aromatic N) is 1. The highest BCUT2D eigenvalue weighted by molar-refractivity contribution is 9.10. The van der Waals surface area contributed by atoms with Crippen LogP contribution in [0, 0.1) is 11.3 Å². The average molecular weight is 372 g/mol. The van der Waals surface area contributed by atoms with E-state index in [1.54, 1.807) is 30.3 Å². The number of nitriles is 1. The van der Waals surface area contributed by atoms with Crippen LogP contribution >= 0.6 is 27.5 Å². The van der Waals surface area contributed by atoms with Gasteiger partial charge in [0.15, 0.2) is 0 Å². The molecule has 0 radical (unpaired) electrons. The monoisotopic (exact) mass is 370 g/mol. The third kappa shape index (κ3) is 2.96. The molecule has 1 N–H and O–H groups in total. The lowest BCUT2D eigenvalue weighted by Crippen LogP contribution is -2.14. The molecule has 0 unspecified atom stereocenters. The van der Waals surface area contributed by atoms with E-state index < -0.39 is 10.0 Å². The molecule has 0 heterocycles. The van der Waals surface area contributed by atoms with E-state index in [1.165, 1.54) is 12.1 Å². The first kappa shape index (κ1) is 14.9. The normalized spacial score (nSPS) is 10.8. The van der Waals surface area contributed by atoms with E-state index >= 15 is 0 Å². The van der Waals surface area contributed by atoms with Gasteiger partial charge in [-0.2, -0.15) is 5.26 Å². The van der Waals surface area contributed by atoms with E-state index in [9.17, 15) is 8.42 Å². The standard InChI is InChI=1S/C13H8BrClN2O2S/c14-13-10(15)5-3-6-11(13)17-20(18,19)12-7-2-1-4-9(12)8-16/h1-7,17H. The molecule has 2 aromatic rings. The molecule has 0 bridgehead atoms. The molecule has 4 nitrogen and oxygen atoms in total. The number of hydrogen-bond donors (Lipinski definition) is 1. The summed E-state index contributed by atoms with van der Waals surface area (Å²) in [5.74, 6) is 0. The van der Waals surface area contributed by atoms with Gasteiger partial charge < -0.3 is 0 Å². The van der Waals surface area contributed by atoms with E-state index in [-0.39, 0.29) is 10.5 Å². The molecule has 0 fully saturated rings. The first-order valence-electron chi connectivity index (χ1n) is 5.41. The van der Waals surface area contributed by atoms with Gasteiger partial charge in [-0.3, -0.25) is 4.72 Å². The van der Waals surface area contributed by atoms with Crippen molar-refractivity contribution < 1.29 is 8.42 Å². The Bertz CT molecular complexity index is 800. The second-order valence-corrected chi connectivity index (χ2v) is 6.67. The summed E-state index contributed by atoms with van der Waals surface area (Å²) >= 11 is 9.13. The molecule has 20 heavy (non-hydrogen) atoms. The summed E-state index contributed by atoms with van der Waals surface area (Å²) < 4.78 is 27.5. The minimum atomic E-state index is -3.86. The fraction of sp³-hybridized carbons (Fsp3) is 0. The lowest BCUT2D eigenvalue weighted by Gasteiger charge is -2.11. The number of benzene rings is 2. The zero-order chi connectivity index (χ0) is 14.8. The maximum absolute atomic E-state index is 12.3. The number of halogens is 2. The van der Waals surface area contributed by atoms with Crippen molar-refractivity contribution >= 4 is 43.2 Å². The highest BCUT2D eigenvalue weighted by Gasteiger charge is 2.19. The molecule has 2 rings (SSSR count). The van der Waals surface area contributed by atoms with Gasteiger partial charge in [-0.25, -0.2) is 8.42 Å². The third-order valence-corrected chi connectivity index (χ3v) is 5.31. The van der Waals surface area contributed by atoms with Crippen LogP contribution in [0.15, 0.2) is 51.8 Å². The fourth-order valence-electron chi connectivity index (χ4n) is 1.58. The van der Waals surface area contributed by atoms with Gasteiger partial charge in [-0.05, 0) is 40.2 Å². The maximum atomic E-state index is 12.3. The molecular weight excluding hydrogens is 364 g/mol. The summed E-state index contributed by atoms with van der Waals surface area (Å²) in [5.41, 5.74) is 0.392. The minimum absolute atomic E-state index is 0.0747. The number of rotatable bonds is 3. The Morgan fingerprint density at radius 1 is 1.15 bits per heavy atom. The molecule has 0 saturated carbocycles. The van der Waals surface area contributed by atoms with Crippen molar-refractivity contribution in [3.8, 4) is 6.07 Å².